The lowest BCUT2D eigenvalue weighted by atomic mass is 10.1. The Morgan fingerprint density at radius 2 is 1.83 bits per heavy atom. The van der Waals surface area contributed by atoms with E-state index < -0.39 is 23.9 Å². The summed E-state index contributed by atoms with van der Waals surface area (Å²) in [6.45, 7) is 0.0917. The standard InChI is InChI=1S/C27H21FN2O6/c1-34-18-9-7-15(8-10-18)14-36-22-13-16-11-17(27(33)35-2)12-21(28)23(16)29-24(22)30-25(31)19-5-3-4-6-20(19)26(30)32/h3-13,25,31H,14H2,1-2H3. The maximum atomic E-state index is 15.0. The minimum Gasteiger partial charge on any atom is -0.497 e. The van der Waals surface area contributed by atoms with Gasteiger partial charge in [0, 0.05) is 16.5 Å². The lowest BCUT2D eigenvalue weighted by Crippen LogP contribution is -2.29. The van der Waals surface area contributed by atoms with Crippen LogP contribution in [0.3, 0.4) is 0 Å². The number of hydrogen-bond acceptors (Lipinski definition) is 7. The largest absolute Gasteiger partial charge is 0.497 e. The Morgan fingerprint density at radius 3 is 2.53 bits per heavy atom. The molecule has 1 aromatic heterocycles. The van der Waals surface area contributed by atoms with Crippen molar-refractivity contribution in [3.63, 3.8) is 0 Å². The van der Waals surface area contributed by atoms with Gasteiger partial charge in [-0.2, -0.15) is 0 Å². The van der Waals surface area contributed by atoms with Crippen LogP contribution in [0, 0.1) is 5.82 Å². The molecule has 0 saturated heterocycles. The van der Waals surface area contributed by atoms with Gasteiger partial charge in [-0.1, -0.05) is 30.3 Å². The molecule has 0 saturated carbocycles. The van der Waals surface area contributed by atoms with E-state index in [9.17, 15) is 14.7 Å². The second kappa shape index (κ2) is 9.27. The van der Waals surface area contributed by atoms with E-state index >= 15 is 4.39 Å². The number of methoxy groups -OCH3 is 2. The number of esters is 1. The molecule has 1 atom stereocenters. The molecule has 4 aromatic rings. The van der Waals surface area contributed by atoms with Crippen LogP contribution in [0.15, 0.2) is 66.7 Å². The summed E-state index contributed by atoms with van der Waals surface area (Å²) in [6.07, 6.45) is -1.33. The highest BCUT2D eigenvalue weighted by Crippen LogP contribution is 2.41. The smallest absolute Gasteiger partial charge is 0.337 e. The third-order valence-corrected chi connectivity index (χ3v) is 5.95. The van der Waals surface area contributed by atoms with E-state index in [2.05, 4.69) is 4.98 Å². The predicted molar refractivity (Wildman–Crippen MR) is 129 cm³/mol. The number of aliphatic hydroxyl groups excluding tert-OH is 1. The first kappa shape index (κ1) is 23.3. The Bertz CT molecular complexity index is 1490. The summed E-state index contributed by atoms with van der Waals surface area (Å²) >= 11 is 0. The summed E-state index contributed by atoms with van der Waals surface area (Å²) in [6, 6.07) is 17.8. The van der Waals surface area contributed by atoms with E-state index in [0.29, 0.717) is 16.9 Å². The number of nitrogens with zero attached hydrogens (tertiary/aromatic N) is 2. The van der Waals surface area contributed by atoms with Crippen LogP contribution in [0.4, 0.5) is 10.2 Å². The topological polar surface area (TPSA) is 98.2 Å². The average Bonchev–Trinajstić information content (AvgIpc) is 3.16. The zero-order valence-electron chi connectivity index (χ0n) is 19.4. The number of ether oxygens (including phenoxy) is 3. The van der Waals surface area contributed by atoms with Gasteiger partial charge in [0.15, 0.2) is 17.8 Å². The maximum Gasteiger partial charge on any atom is 0.337 e. The van der Waals surface area contributed by atoms with Gasteiger partial charge >= 0.3 is 5.97 Å². The molecule has 1 aliphatic heterocycles. The number of carbonyl (C=O) groups is 2. The van der Waals surface area contributed by atoms with Crippen molar-refractivity contribution in [2.75, 3.05) is 19.1 Å². The molecule has 1 unspecified atom stereocenters. The highest BCUT2D eigenvalue weighted by Gasteiger charge is 2.39. The van der Waals surface area contributed by atoms with Crippen molar-refractivity contribution >= 4 is 28.6 Å². The van der Waals surface area contributed by atoms with E-state index in [4.69, 9.17) is 14.2 Å². The van der Waals surface area contributed by atoms with Crippen molar-refractivity contribution in [1.82, 2.24) is 4.98 Å². The molecule has 8 nitrogen and oxygen atoms in total. The molecule has 0 spiro atoms. The average molecular weight is 488 g/mol. The molecule has 1 aliphatic rings. The number of hydrogen-bond donors (Lipinski definition) is 1. The van der Waals surface area contributed by atoms with Crippen LogP contribution in [-0.4, -0.2) is 36.2 Å². The Hall–Kier alpha value is -4.50. The number of fused-ring (bicyclic) bond motifs is 2. The van der Waals surface area contributed by atoms with Crippen LogP contribution in [0.25, 0.3) is 10.9 Å². The van der Waals surface area contributed by atoms with Crippen LogP contribution >= 0.6 is 0 Å². The molecule has 2 heterocycles. The zero-order valence-corrected chi connectivity index (χ0v) is 19.4. The highest BCUT2D eigenvalue weighted by atomic mass is 19.1. The fourth-order valence-corrected chi connectivity index (χ4v) is 4.12. The quantitative estimate of drug-likeness (QED) is 0.402. The number of halogens is 1. The summed E-state index contributed by atoms with van der Waals surface area (Å²) in [5.41, 5.74) is 1.43. The van der Waals surface area contributed by atoms with Gasteiger partial charge in [0.1, 0.15) is 23.7 Å². The summed E-state index contributed by atoms with van der Waals surface area (Å²) < 4.78 is 31.0. The van der Waals surface area contributed by atoms with E-state index in [-0.39, 0.29) is 34.6 Å². The fourth-order valence-electron chi connectivity index (χ4n) is 4.12. The predicted octanol–water partition coefficient (Wildman–Crippen LogP) is 4.40. The van der Waals surface area contributed by atoms with Gasteiger partial charge < -0.3 is 19.3 Å². The van der Waals surface area contributed by atoms with Crippen LogP contribution < -0.4 is 14.4 Å². The Kier molecular flexibility index (Phi) is 5.99. The van der Waals surface area contributed by atoms with Crippen LogP contribution in [-0.2, 0) is 11.3 Å². The molecule has 9 heteroatoms. The van der Waals surface area contributed by atoms with E-state index in [0.717, 1.165) is 16.5 Å². The molecule has 36 heavy (non-hydrogen) atoms. The lowest BCUT2D eigenvalue weighted by Gasteiger charge is -2.23. The third-order valence-electron chi connectivity index (χ3n) is 5.95. The van der Waals surface area contributed by atoms with Crippen molar-refractivity contribution < 1.29 is 33.3 Å². The molecule has 1 amide bonds. The second-order valence-electron chi connectivity index (χ2n) is 8.10. The van der Waals surface area contributed by atoms with Crippen molar-refractivity contribution in [3.05, 3.63) is 94.8 Å². The number of pyridine rings is 1. The Balaban J connectivity index is 1.61. The number of carbonyl (C=O) groups excluding carboxylic acids is 2. The summed E-state index contributed by atoms with van der Waals surface area (Å²) in [7, 11) is 2.77. The van der Waals surface area contributed by atoms with Crippen molar-refractivity contribution in [3.8, 4) is 11.5 Å². The molecular formula is C27H21FN2O6. The summed E-state index contributed by atoms with van der Waals surface area (Å²) in [5.74, 6) is -1.22. The molecule has 0 fully saturated rings. The van der Waals surface area contributed by atoms with Crippen LogP contribution in [0.1, 0.15) is 38.1 Å². The van der Waals surface area contributed by atoms with Gasteiger partial charge in [0.05, 0.1) is 19.8 Å². The molecule has 0 aliphatic carbocycles. The van der Waals surface area contributed by atoms with Crippen molar-refractivity contribution in [1.29, 1.82) is 0 Å². The van der Waals surface area contributed by atoms with Crippen molar-refractivity contribution in [2.24, 2.45) is 0 Å². The monoisotopic (exact) mass is 488 g/mol. The second-order valence-corrected chi connectivity index (χ2v) is 8.10. The molecule has 5 rings (SSSR count). The first-order chi connectivity index (χ1) is 17.4. The third kappa shape index (κ3) is 3.99. The Labute approximate surface area is 205 Å². The van der Waals surface area contributed by atoms with E-state index in [1.807, 2.05) is 12.1 Å². The normalized spacial score (nSPS) is 14.6. The van der Waals surface area contributed by atoms with Gasteiger partial charge in [-0.05, 0) is 42.0 Å². The molecule has 3 aromatic carbocycles. The highest BCUT2D eigenvalue weighted by molar-refractivity contribution is 6.11. The number of amides is 1. The number of anilines is 1. The summed E-state index contributed by atoms with van der Waals surface area (Å²) in [5, 5.41) is 11.2. The Morgan fingerprint density at radius 1 is 1.08 bits per heavy atom. The molecule has 0 radical (unpaired) electrons. The van der Waals surface area contributed by atoms with E-state index in [1.165, 1.54) is 19.2 Å². The van der Waals surface area contributed by atoms with Crippen molar-refractivity contribution in [2.45, 2.75) is 12.8 Å². The maximum absolute atomic E-state index is 15.0. The number of benzene rings is 3. The fraction of sp³-hybridized carbons (Fsp3) is 0.148. The number of rotatable bonds is 6. The molecule has 0 bridgehead atoms. The van der Waals surface area contributed by atoms with Gasteiger partial charge in [-0.25, -0.2) is 14.2 Å². The van der Waals surface area contributed by atoms with E-state index in [1.54, 1.807) is 43.5 Å². The SMILES string of the molecule is COC(=O)c1cc(F)c2nc(N3C(=O)c4ccccc4C3O)c(OCc3ccc(OC)cc3)cc2c1. The van der Waals surface area contributed by atoms with Gasteiger partial charge in [0.25, 0.3) is 5.91 Å². The molecular weight excluding hydrogens is 467 g/mol. The minimum absolute atomic E-state index is 0.00263. The summed E-state index contributed by atoms with van der Waals surface area (Å²) in [4.78, 5) is 30.7. The first-order valence-electron chi connectivity index (χ1n) is 11.0. The van der Waals surface area contributed by atoms with Crippen LogP contribution in [0.2, 0.25) is 0 Å². The van der Waals surface area contributed by atoms with Gasteiger partial charge in [0.2, 0.25) is 0 Å². The van der Waals surface area contributed by atoms with Gasteiger partial charge in [-0.15, -0.1) is 0 Å². The molecule has 1 N–H and O–H groups in total. The first-order valence-corrected chi connectivity index (χ1v) is 11.0. The molecule has 182 valence electrons. The zero-order chi connectivity index (χ0) is 25.4. The van der Waals surface area contributed by atoms with Gasteiger partial charge in [-0.3, -0.25) is 9.69 Å². The number of aromatic nitrogens is 1. The van der Waals surface area contributed by atoms with Crippen LogP contribution in [0.5, 0.6) is 11.5 Å². The lowest BCUT2D eigenvalue weighted by molar-refractivity contribution is 0.0600. The number of aliphatic hydroxyl groups is 1. The minimum atomic E-state index is -1.33.